The van der Waals surface area contributed by atoms with Gasteiger partial charge in [-0.2, -0.15) is 4.31 Å². The minimum Gasteiger partial charge on any atom is -0.342 e. The van der Waals surface area contributed by atoms with Crippen molar-refractivity contribution < 1.29 is 22.0 Å². The molecule has 0 radical (unpaired) electrons. The monoisotopic (exact) mass is 474 g/mol. The van der Waals surface area contributed by atoms with E-state index in [9.17, 15) is 22.0 Å². The Morgan fingerprint density at radius 2 is 1.73 bits per heavy atom. The average Bonchev–Trinajstić information content (AvgIpc) is 3.09. The average molecular weight is 475 g/mol. The molecule has 4 rings (SSSR count). The number of amides is 1. The van der Waals surface area contributed by atoms with E-state index >= 15 is 0 Å². The molecule has 0 N–H and O–H groups in total. The van der Waals surface area contributed by atoms with Crippen LogP contribution < -0.4 is 0 Å². The van der Waals surface area contributed by atoms with E-state index in [1.807, 2.05) is 42.7 Å². The number of aryl methyl sites for hydroxylation is 1. The zero-order valence-corrected chi connectivity index (χ0v) is 19.1. The molecule has 1 fully saturated rings. The number of halogens is 2. The second kappa shape index (κ2) is 9.03. The van der Waals surface area contributed by atoms with Crippen LogP contribution >= 0.6 is 0 Å². The number of rotatable bonds is 5. The first-order valence-electron chi connectivity index (χ1n) is 10.5. The molecular formula is C23H24F2N4O3S. The van der Waals surface area contributed by atoms with E-state index in [1.165, 1.54) is 4.31 Å². The Morgan fingerprint density at radius 3 is 2.36 bits per heavy atom. The summed E-state index contributed by atoms with van der Waals surface area (Å²) >= 11 is 0. The van der Waals surface area contributed by atoms with Crippen molar-refractivity contribution in [2.45, 2.75) is 25.3 Å². The highest BCUT2D eigenvalue weighted by Crippen LogP contribution is 2.22. The zero-order chi connectivity index (χ0) is 23.8. The molecule has 2 aromatic heterocycles. The molecule has 3 aromatic rings. The van der Waals surface area contributed by atoms with Crippen LogP contribution in [0.3, 0.4) is 0 Å². The summed E-state index contributed by atoms with van der Waals surface area (Å²) in [7, 11) is -3.98. The Morgan fingerprint density at radius 1 is 1.00 bits per heavy atom. The van der Waals surface area contributed by atoms with Crippen LogP contribution in [0.4, 0.5) is 8.78 Å². The molecule has 1 aromatic carbocycles. The van der Waals surface area contributed by atoms with Crippen LogP contribution in [0.5, 0.6) is 0 Å². The molecule has 0 unspecified atom stereocenters. The van der Waals surface area contributed by atoms with Gasteiger partial charge in [0.1, 0.15) is 0 Å². The third-order valence-electron chi connectivity index (χ3n) is 5.91. The number of hydrogen-bond donors (Lipinski definition) is 0. The molecule has 0 atom stereocenters. The topological polar surface area (TPSA) is 75.5 Å². The lowest BCUT2D eigenvalue weighted by atomic mass is 10.2. The van der Waals surface area contributed by atoms with Crippen LogP contribution in [0.25, 0.3) is 0 Å². The minimum absolute atomic E-state index is 0.0692. The summed E-state index contributed by atoms with van der Waals surface area (Å²) in [5.74, 6) is -2.49. The molecule has 10 heteroatoms. The van der Waals surface area contributed by atoms with Gasteiger partial charge in [-0.1, -0.05) is 6.07 Å². The number of pyridine rings is 1. The lowest BCUT2D eigenvalue weighted by Crippen LogP contribution is -2.50. The van der Waals surface area contributed by atoms with E-state index in [0.29, 0.717) is 18.2 Å². The molecule has 1 aliphatic rings. The maximum absolute atomic E-state index is 13.5. The smallest absolute Gasteiger partial charge is 0.255 e. The fraction of sp³-hybridized carbons (Fsp3) is 0.304. The first-order chi connectivity index (χ1) is 15.7. The Balaban J connectivity index is 1.46. The van der Waals surface area contributed by atoms with Crippen LogP contribution in [-0.2, 0) is 16.6 Å². The summed E-state index contributed by atoms with van der Waals surface area (Å²) in [5.41, 5.74) is 3.20. The summed E-state index contributed by atoms with van der Waals surface area (Å²) in [6.07, 6.45) is 1.73. The van der Waals surface area contributed by atoms with Crippen LogP contribution in [0.1, 0.15) is 27.4 Å². The van der Waals surface area contributed by atoms with Gasteiger partial charge in [-0.05, 0) is 50.2 Å². The Hall–Kier alpha value is -3.11. The maximum Gasteiger partial charge on any atom is 0.255 e. The SMILES string of the molecule is Cc1cc(C(=O)N2CCN(S(=O)(=O)c3ccc(F)c(F)c3)CC2)c(C)n1Cc1ccccn1. The van der Waals surface area contributed by atoms with Crippen molar-refractivity contribution in [3.05, 3.63) is 82.9 Å². The van der Waals surface area contributed by atoms with Gasteiger partial charge in [-0.15, -0.1) is 0 Å². The van der Waals surface area contributed by atoms with Crippen molar-refractivity contribution >= 4 is 15.9 Å². The van der Waals surface area contributed by atoms with E-state index in [4.69, 9.17) is 0 Å². The molecule has 1 saturated heterocycles. The van der Waals surface area contributed by atoms with E-state index in [-0.39, 0.29) is 37.0 Å². The molecule has 7 nitrogen and oxygen atoms in total. The normalized spacial score (nSPS) is 15.1. The Labute approximate surface area is 191 Å². The number of nitrogens with zero attached hydrogens (tertiary/aromatic N) is 4. The zero-order valence-electron chi connectivity index (χ0n) is 18.3. The molecule has 0 aliphatic carbocycles. The first-order valence-corrected chi connectivity index (χ1v) is 11.9. The first kappa shape index (κ1) is 23.1. The highest BCUT2D eigenvalue weighted by atomic mass is 32.2. The molecule has 33 heavy (non-hydrogen) atoms. The van der Waals surface area contributed by atoms with Gasteiger partial charge in [-0.25, -0.2) is 17.2 Å². The largest absolute Gasteiger partial charge is 0.342 e. The second-order valence-electron chi connectivity index (χ2n) is 7.96. The number of carbonyl (C=O) groups is 1. The van der Waals surface area contributed by atoms with Crippen molar-refractivity contribution in [1.29, 1.82) is 0 Å². The lowest BCUT2D eigenvalue weighted by molar-refractivity contribution is 0.0697. The number of aromatic nitrogens is 2. The maximum atomic E-state index is 13.5. The van der Waals surface area contributed by atoms with Gasteiger partial charge in [0.15, 0.2) is 11.6 Å². The minimum atomic E-state index is -3.98. The van der Waals surface area contributed by atoms with Gasteiger partial charge in [0.2, 0.25) is 10.0 Å². The fourth-order valence-corrected chi connectivity index (χ4v) is 5.44. The molecule has 1 aliphatic heterocycles. The summed E-state index contributed by atoms with van der Waals surface area (Å²) < 4.78 is 55.5. The van der Waals surface area contributed by atoms with Gasteiger partial charge in [0.25, 0.3) is 5.91 Å². The van der Waals surface area contributed by atoms with E-state index in [0.717, 1.165) is 29.2 Å². The van der Waals surface area contributed by atoms with E-state index in [1.54, 1.807) is 11.1 Å². The molecular weight excluding hydrogens is 450 g/mol. The molecule has 174 valence electrons. The van der Waals surface area contributed by atoms with E-state index < -0.39 is 21.7 Å². The third-order valence-corrected chi connectivity index (χ3v) is 7.80. The van der Waals surface area contributed by atoms with E-state index in [2.05, 4.69) is 4.98 Å². The quantitative estimate of drug-likeness (QED) is 0.570. The van der Waals surface area contributed by atoms with Crippen LogP contribution in [0, 0.1) is 25.5 Å². The van der Waals surface area contributed by atoms with Crippen molar-refractivity contribution in [1.82, 2.24) is 18.8 Å². The highest BCUT2D eigenvalue weighted by Gasteiger charge is 2.32. The number of benzene rings is 1. The standard InChI is InChI=1S/C23H24F2N4O3S/c1-16-13-20(17(2)29(16)15-18-5-3-4-8-26-18)23(30)27-9-11-28(12-10-27)33(31,32)19-6-7-21(24)22(25)14-19/h3-8,13-14H,9-12,15H2,1-2H3. The number of carbonyl (C=O) groups excluding carboxylic acids is 1. The van der Waals surface area contributed by atoms with Gasteiger partial charge in [0, 0.05) is 43.8 Å². The van der Waals surface area contributed by atoms with Gasteiger partial charge in [-0.3, -0.25) is 9.78 Å². The lowest BCUT2D eigenvalue weighted by Gasteiger charge is -2.34. The molecule has 0 bridgehead atoms. The summed E-state index contributed by atoms with van der Waals surface area (Å²) in [6.45, 7) is 4.90. The van der Waals surface area contributed by atoms with Crippen LogP contribution in [0.15, 0.2) is 53.6 Å². The van der Waals surface area contributed by atoms with Crippen molar-refractivity contribution in [2.24, 2.45) is 0 Å². The molecule has 0 spiro atoms. The molecule has 3 heterocycles. The van der Waals surface area contributed by atoms with Crippen molar-refractivity contribution in [3.8, 4) is 0 Å². The fourth-order valence-electron chi connectivity index (χ4n) is 4.00. The van der Waals surface area contributed by atoms with Crippen molar-refractivity contribution in [2.75, 3.05) is 26.2 Å². The molecule has 1 amide bonds. The van der Waals surface area contributed by atoms with Gasteiger partial charge >= 0.3 is 0 Å². The predicted molar refractivity (Wildman–Crippen MR) is 118 cm³/mol. The Bertz CT molecular complexity index is 1280. The summed E-state index contributed by atoms with van der Waals surface area (Å²) in [4.78, 5) is 18.8. The van der Waals surface area contributed by atoms with Gasteiger partial charge < -0.3 is 9.47 Å². The highest BCUT2D eigenvalue weighted by molar-refractivity contribution is 7.89. The summed E-state index contributed by atoms with van der Waals surface area (Å²) in [6, 6.07) is 10.0. The predicted octanol–water partition coefficient (Wildman–Crippen LogP) is 2.97. The second-order valence-corrected chi connectivity index (χ2v) is 9.90. The molecule has 0 saturated carbocycles. The van der Waals surface area contributed by atoms with Crippen LogP contribution in [0.2, 0.25) is 0 Å². The number of sulfonamides is 1. The number of piperazine rings is 1. The Kier molecular flexibility index (Phi) is 6.31. The third kappa shape index (κ3) is 4.53. The number of hydrogen-bond acceptors (Lipinski definition) is 4. The van der Waals surface area contributed by atoms with Crippen molar-refractivity contribution in [3.63, 3.8) is 0 Å². The van der Waals surface area contributed by atoms with Gasteiger partial charge in [0.05, 0.1) is 22.7 Å². The summed E-state index contributed by atoms with van der Waals surface area (Å²) in [5, 5.41) is 0. The van der Waals surface area contributed by atoms with Crippen LogP contribution in [-0.4, -0.2) is 59.3 Å².